The number of anilines is 1. The van der Waals surface area contributed by atoms with Gasteiger partial charge >= 0.3 is 12.3 Å². The molecule has 170 valence electrons. The third-order valence-electron chi connectivity index (χ3n) is 3.91. The summed E-state index contributed by atoms with van der Waals surface area (Å²) < 4.78 is 45.9. The first-order valence-electron chi connectivity index (χ1n) is 9.08. The summed E-state index contributed by atoms with van der Waals surface area (Å²) in [7, 11) is 0. The average Bonchev–Trinajstić information content (AvgIpc) is 2.73. The van der Waals surface area contributed by atoms with Gasteiger partial charge in [0.05, 0.1) is 6.61 Å². The largest absolute Gasteiger partial charge is 0.573 e. The molecule has 0 heterocycles. The summed E-state index contributed by atoms with van der Waals surface area (Å²) in [6.45, 7) is 1.73. The van der Waals surface area contributed by atoms with E-state index < -0.39 is 35.7 Å². The van der Waals surface area contributed by atoms with Crippen LogP contribution in [-0.2, 0) is 9.53 Å². The summed E-state index contributed by atoms with van der Waals surface area (Å²) in [6.07, 6.45) is -4.09. The maximum atomic E-state index is 12.7. The number of ether oxygens (including phenoxy) is 2. The number of Topliss-reactive ketones (excluding diaryl/α,β-unsaturated/α-hetero) is 1. The number of esters is 1. The number of halogens is 4. The van der Waals surface area contributed by atoms with Crippen molar-refractivity contribution in [1.29, 1.82) is 5.41 Å². The van der Waals surface area contributed by atoms with Gasteiger partial charge in [-0.3, -0.25) is 10.2 Å². The van der Waals surface area contributed by atoms with E-state index in [0.717, 1.165) is 30.3 Å². The molecule has 0 spiro atoms. The van der Waals surface area contributed by atoms with Crippen LogP contribution in [0.1, 0.15) is 28.9 Å². The second-order valence-electron chi connectivity index (χ2n) is 6.18. The molecule has 0 amide bonds. The number of aliphatic hydroxyl groups is 1. The smallest absolute Gasteiger partial charge is 0.461 e. The molecule has 0 aliphatic rings. The number of aliphatic hydroxyl groups excluding tert-OH is 1. The fourth-order valence-electron chi connectivity index (χ4n) is 2.50. The molecule has 0 saturated heterocycles. The van der Waals surface area contributed by atoms with Gasteiger partial charge < -0.3 is 19.9 Å². The minimum Gasteiger partial charge on any atom is -0.461 e. The summed E-state index contributed by atoms with van der Waals surface area (Å²) in [5.74, 6) is -2.06. The van der Waals surface area contributed by atoms with Gasteiger partial charge in [0.25, 0.3) is 0 Å². The number of alkyl halides is 3. The van der Waals surface area contributed by atoms with Gasteiger partial charge in [0.2, 0.25) is 0 Å². The lowest BCUT2D eigenvalue weighted by Gasteiger charge is -2.16. The van der Waals surface area contributed by atoms with Crippen molar-refractivity contribution in [3.8, 4) is 5.75 Å². The van der Waals surface area contributed by atoms with E-state index >= 15 is 0 Å². The Labute approximate surface area is 189 Å². The molecular weight excluding hydrogens is 497 g/mol. The van der Waals surface area contributed by atoms with Crippen LogP contribution in [0.2, 0.25) is 0 Å². The van der Waals surface area contributed by atoms with E-state index in [4.69, 9.17) is 10.1 Å². The number of carbonyl (C=O) groups excluding carboxylic acids is 2. The fourth-order valence-corrected chi connectivity index (χ4v) is 2.88. The van der Waals surface area contributed by atoms with Gasteiger partial charge in [0.15, 0.2) is 5.78 Å². The first-order valence-corrected chi connectivity index (χ1v) is 9.87. The van der Waals surface area contributed by atoms with E-state index in [0.29, 0.717) is 10.2 Å². The zero-order valence-corrected chi connectivity index (χ0v) is 18.2. The number of ketones is 1. The van der Waals surface area contributed by atoms with Crippen LogP contribution in [0.25, 0.3) is 0 Å². The molecule has 0 aromatic heterocycles. The zero-order valence-electron chi connectivity index (χ0n) is 16.6. The molecular formula is C21H18BrF3N2O5. The number of carbonyl (C=O) groups is 2. The second-order valence-corrected chi connectivity index (χ2v) is 7.10. The third-order valence-corrected chi connectivity index (χ3v) is 4.41. The van der Waals surface area contributed by atoms with Crippen molar-refractivity contribution in [3.05, 3.63) is 70.3 Å². The molecule has 0 fully saturated rings. The van der Waals surface area contributed by atoms with Crippen molar-refractivity contribution in [2.75, 3.05) is 11.9 Å². The minimum absolute atomic E-state index is 0.0300. The number of rotatable bonds is 9. The van der Waals surface area contributed by atoms with Crippen LogP contribution >= 0.6 is 15.9 Å². The van der Waals surface area contributed by atoms with Crippen LogP contribution in [0.4, 0.5) is 18.9 Å². The lowest BCUT2D eigenvalue weighted by Crippen LogP contribution is -2.17. The Kier molecular flexibility index (Phi) is 8.56. The third kappa shape index (κ3) is 7.20. The maximum absolute atomic E-state index is 12.7. The Balaban J connectivity index is 2.19. The van der Waals surface area contributed by atoms with Gasteiger partial charge in [0.1, 0.15) is 17.6 Å². The zero-order chi connectivity index (χ0) is 23.9. The molecule has 1 unspecified atom stereocenters. The van der Waals surface area contributed by atoms with Gasteiger partial charge in [-0.2, -0.15) is 0 Å². The predicted octanol–water partition coefficient (Wildman–Crippen LogP) is 4.77. The molecule has 0 radical (unpaired) electrons. The van der Waals surface area contributed by atoms with Crippen molar-refractivity contribution >= 4 is 39.1 Å². The molecule has 3 N–H and O–H groups in total. The van der Waals surface area contributed by atoms with E-state index in [9.17, 15) is 27.9 Å². The highest BCUT2D eigenvalue weighted by Crippen LogP contribution is 2.30. The van der Waals surface area contributed by atoms with Gasteiger partial charge in [-0.05, 0) is 55.5 Å². The highest BCUT2D eigenvalue weighted by Gasteiger charge is 2.31. The SMILES string of the molecule is CCOC(=O)C(=N)/C=C\Nc1ccc(Br)cc1C(O)C(=O)c1ccc(OC(F)(F)F)cc1. The Morgan fingerprint density at radius 3 is 2.47 bits per heavy atom. The van der Waals surface area contributed by atoms with Crippen molar-refractivity contribution in [1.82, 2.24) is 0 Å². The molecule has 2 aromatic carbocycles. The molecule has 1 atom stereocenters. The van der Waals surface area contributed by atoms with E-state index in [1.807, 2.05) is 0 Å². The number of hydrogen-bond donors (Lipinski definition) is 3. The Bertz CT molecular complexity index is 1020. The maximum Gasteiger partial charge on any atom is 0.573 e. The molecule has 11 heteroatoms. The predicted molar refractivity (Wildman–Crippen MR) is 114 cm³/mol. The van der Waals surface area contributed by atoms with Crippen molar-refractivity contribution in [2.45, 2.75) is 19.4 Å². The number of hydrogen-bond acceptors (Lipinski definition) is 7. The van der Waals surface area contributed by atoms with Gasteiger partial charge in [-0.25, -0.2) is 4.79 Å². The van der Waals surface area contributed by atoms with Crippen molar-refractivity contribution < 1.29 is 37.3 Å². The van der Waals surface area contributed by atoms with E-state index in [2.05, 4.69) is 26.0 Å². The Morgan fingerprint density at radius 1 is 1.22 bits per heavy atom. The van der Waals surface area contributed by atoms with Crippen molar-refractivity contribution in [3.63, 3.8) is 0 Å². The normalized spacial score (nSPS) is 12.3. The Hall–Kier alpha value is -3.18. The standard InChI is InChI=1S/C21H18BrF3N2O5/c1-2-31-20(30)16(26)9-10-27-17-8-5-13(22)11-15(17)19(29)18(28)12-3-6-14(7-4-12)32-21(23,24)25/h3-11,19,26-27,29H,2H2,1H3/b10-9-,26-16?. The summed E-state index contributed by atoms with van der Waals surface area (Å²) in [6, 6.07) is 8.83. The topological polar surface area (TPSA) is 109 Å². The van der Waals surface area contributed by atoms with Gasteiger partial charge in [0, 0.05) is 27.5 Å². The average molecular weight is 515 g/mol. The monoisotopic (exact) mass is 514 g/mol. The second kappa shape index (κ2) is 10.9. The fraction of sp³-hybridized carbons (Fsp3) is 0.190. The lowest BCUT2D eigenvalue weighted by molar-refractivity contribution is -0.274. The quantitative estimate of drug-likeness (QED) is 0.252. The number of nitrogens with one attached hydrogen (secondary N) is 2. The number of benzene rings is 2. The molecule has 2 rings (SSSR count). The van der Waals surface area contributed by atoms with Crippen LogP contribution in [-0.4, -0.2) is 35.5 Å². The lowest BCUT2D eigenvalue weighted by atomic mass is 9.98. The van der Waals surface area contributed by atoms with E-state index in [1.54, 1.807) is 19.1 Å². The Morgan fingerprint density at radius 2 is 1.88 bits per heavy atom. The van der Waals surface area contributed by atoms with Crippen LogP contribution < -0.4 is 10.1 Å². The van der Waals surface area contributed by atoms with E-state index in [1.165, 1.54) is 12.3 Å². The molecule has 0 bridgehead atoms. The molecule has 2 aromatic rings. The summed E-state index contributed by atoms with van der Waals surface area (Å²) >= 11 is 3.25. The van der Waals surface area contributed by atoms with Crippen molar-refractivity contribution in [2.24, 2.45) is 0 Å². The van der Waals surface area contributed by atoms with Crippen LogP contribution in [0.5, 0.6) is 5.75 Å². The van der Waals surface area contributed by atoms with Crippen LogP contribution in [0, 0.1) is 5.41 Å². The van der Waals surface area contributed by atoms with Gasteiger partial charge in [-0.1, -0.05) is 15.9 Å². The molecule has 32 heavy (non-hydrogen) atoms. The first kappa shape index (κ1) is 25.1. The van der Waals surface area contributed by atoms with Gasteiger partial charge in [-0.15, -0.1) is 13.2 Å². The summed E-state index contributed by atoms with van der Waals surface area (Å²) in [5.41, 5.74) is 0.0275. The highest BCUT2D eigenvalue weighted by molar-refractivity contribution is 9.10. The first-order chi connectivity index (χ1) is 15.0. The molecule has 0 aliphatic heterocycles. The summed E-state index contributed by atoms with van der Waals surface area (Å²) in [4.78, 5) is 24.1. The summed E-state index contributed by atoms with van der Waals surface area (Å²) in [5, 5.41) is 21.0. The highest BCUT2D eigenvalue weighted by atomic mass is 79.9. The van der Waals surface area contributed by atoms with Crippen LogP contribution in [0.3, 0.4) is 0 Å². The van der Waals surface area contributed by atoms with E-state index in [-0.39, 0.29) is 17.7 Å². The van der Waals surface area contributed by atoms with Crippen LogP contribution in [0.15, 0.2) is 59.2 Å². The molecule has 0 aliphatic carbocycles. The molecule has 0 saturated carbocycles. The minimum atomic E-state index is -4.86. The molecule has 7 nitrogen and oxygen atoms in total.